The molecule has 0 aromatic rings. The summed E-state index contributed by atoms with van der Waals surface area (Å²) in [5, 5.41) is 6.53. The number of ether oxygens (including phenoxy) is 1. The van der Waals surface area contributed by atoms with Crippen LogP contribution in [-0.2, 0) is 4.74 Å². The van der Waals surface area contributed by atoms with Gasteiger partial charge in [0.05, 0.1) is 12.7 Å². The number of nitrogens with one attached hydrogen (secondary N) is 2. The first-order chi connectivity index (χ1) is 4.93. The van der Waals surface area contributed by atoms with Gasteiger partial charge in [0.1, 0.15) is 0 Å². The summed E-state index contributed by atoms with van der Waals surface area (Å²) in [5.41, 5.74) is 0. The Morgan fingerprint density at radius 1 is 1.70 bits per heavy atom. The lowest BCUT2D eigenvalue weighted by atomic mass is 10.3. The van der Waals surface area contributed by atoms with Gasteiger partial charge < -0.3 is 15.4 Å². The lowest BCUT2D eigenvalue weighted by molar-refractivity contribution is 0.0296. The average Bonchev–Trinajstić information content (AvgIpc) is 2.03. The number of morpholine rings is 1. The molecular formula is C7H16N2O. The monoisotopic (exact) mass is 144 g/mol. The summed E-state index contributed by atoms with van der Waals surface area (Å²) in [6.07, 6.45) is 0.383. The number of hydrogen-bond donors (Lipinski definition) is 2. The fourth-order valence-electron chi connectivity index (χ4n) is 1.06. The molecule has 1 saturated heterocycles. The van der Waals surface area contributed by atoms with Crippen LogP contribution in [0.2, 0.25) is 0 Å². The van der Waals surface area contributed by atoms with E-state index in [4.69, 9.17) is 4.74 Å². The van der Waals surface area contributed by atoms with Gasteiger partial charge in [-0.05, 0) is 6.54 Å². The Morgan fingerprint density at radius 3 is 3.20 bits per heavy atom. The average molecular weight is 144 g/mol. The summed E-state index contributed by atoms with van der Waals surface area (Å²) in [6, 6.07) is 0. The Morgan fingerprint density at radius 2 is 2.60 bits per heavy atom. The first-order valence-electron chi connectivity index (χ1n) is 3.96. The maximum absolute atomic E-state index is 5.46. The van der Waals surface area contributed by atoms with Gasteiger partial charge in [0.15, 0.2) is 0 Å². The maximum atomic E-state index is 5.46. The highest BCUT2D eigenvalue weighted by Gasteiger charge is 2.11. The quantitative estimate of drug-likeness (QED) is 0.564. The minimum atomic E-state index is 0.383. The molecule has 1 fully saturated rings. The Hall–Kier alpha value is -0.120. The molecule has 60 valence electrons. The largest absolute Gasteiger partial charge is 0.374 e. The van der Waals surface area contributed by atoms with E-state index >= 15 is 0 Å². The van der Waals surface area contributed by atoms with Crippen LogP contribution in [0.4, 0.5) is 0 Å². The fourth-order valence-corrected chi connectivity index (χ4v) is 1.06. The predicted octanol–water partition coefficient (Wildman–Crippen LogP) is -0.416. The van der Waals surface area contributed by atoms with Crippen LogP contribution < -0.4 is 10.6 Å². The molecule has 0 radical (unpaired) electrons. The van der Waals surface area contributed by atoms with Gasteiger partial charge in [0.2, 0.25) is 0 Å². The van der Waals surface area contributed by atoms with Crippen LogP contribution in [0.15, 0.2) is 0 Å². The zero-order valence-corrected chi connectivity index (χ0v) is 6.52. The zero-order chi connectivity index (χ0) is 7.23. The second-order valence-corrected chi connectivity index (χ2v) is 2.50. The second-order valence-electron chi connectivity index (χ2n) is 2.50. The van der Waals surface area contributed by atoms with Crippen LogP contribution in [0.1, 0.15) is 6.92 Å². The van der Waals surface area contributed by atoms with Gasteiger partial charge in [-0.1, -0.05) is 6.92 Å². The van der Waals surface area contributed by atoms with Crippen molar-refractivity contribution in [1.82, 2.24) is 10.6 Å². The molecule has 0 bridgehead atoms. The fraction of sp³-hybridized carbons (Fsp3) is 1.00. The van der Waals surface area contributed by atoms with E-state index in [2.05, 4.69) is 17.6 Å². The van der Waals surface area contributed by atoms with Gasteiger partial charge in [-0.25, -0.2) is 0 Å². The number of likely N-dealkylation sites (N-methyl/N-ethyl adjacent to an activating group) is 1. The number of hydrogen-bond acceptors (Lipinski definition) is 3. The summed E-state index contributed by atoms with van der Waals surface area (Å²) < 4.78 is 5.46. The van der Waals surface area contributed by atoms with Crippen molar-refractivity contribution in [2.45, 2.75) is 13.0 Å². The molecule has 10 heavy (non-hydrogen) atoms. The van der Waals surface area contributed by atoms with E-state index in [0.717, 1.165) is 32.8 Å². The van der Waals surface area contributed by atoms with Crippen LogP contribution in [0.25, 0.3) is 0 Å². The molecule has 1 atom stereocenters. The molecule has 0 amide bonds. The summed E-state index contributed by atoms with van der Waals surface area (Å²) in [6.45, 7) is 6.96. The lowest BCUT2D eigenvalue weighted by Crippen LogP contribution is -2.43. The molecule has 0 unspecified atom stereocenters. The van der Waals surface area contributed by atoms with Gasteiger partial charge in [-0.2, -0.15) is 0 Å². The molecule has 0 saturated carbocycles. The first-order valence-corrected chi connectivity index (χ1v) is 3.96. The topological polar surface area (TPSA) is 33.3 Å². The van der Waals surface area contributed by atoms with Gasteiger partial charge in [0.25, 0.3) is 0 Å². The summed E-state index contributed by atoms with van der Waals surface area (Å²) in [5.74, 6) is 0. The third kappa shape index (κ3) is 2.64. The standard InChI is InChI=1S/C7H16N2O/c1-2-8-5-7-6-9-3-4-10-7/h7-9H,2-6H2,1H3/t7-/m1/s1. The SMILES string of the molecule is CCNC[C@@H]1CNCCO1. The van der Waals surface area contributed by atoms with Crippen LogP contribution in [-0.4, -0.2) is 38.9 Å². The van der Waals surface area contributed by atoms with E-state index < -0.39 is 0 Å². The molecule has 0 aromatic carbocycles. The van der Waals surface area contributed by atoms with Crippen molar-refractivity contribution in [2.24, 2.45) is 0 Å². The lowest BCUT2D eigenvalue weighted by Gasteiger charge is -2.23. The van der Waals surface area contributed by atoms with Crippen molar-refractivity contribution < 1.29 is 4.74 Å². The van der Waals surface area contributed by atoms with E-state index in [1.165, 1.54) is 0 Å². The molecule has 1 aliphatic rings. The Balaban J connectivity index is 2.02. The van der Waals surface area contributed by atoms with E-state index in [9.17, 15) is 0 Å². The van der Waals surface area contributed by atoms with E-state index in [-0.39, 0.29) is 0 Å². The third-order valence-electron chi connectivity index (χ3n) is 1.63. The minimum Gasteiger partial charge on any atom is -0.374 e. The molecule has 1 heterocycles. The molecule has 2 N–H and O–H groups in total. The predicted molar refractivity (Wildman–Crippen MR) is 41.2 cm³/mol. The van der Waals surface area contributed by atoms with Gasteiger partial charge in [-0.3, -0.25) is 0 Å². The van der Waals surface area contributed by atoms with Crippen molar-refractivity contribution in [3.05, 3.63) is 0 Å². The van der Waals surface area contributed by atoms with E-state index in [1.807, 2.05) is 0 Å². The molecule has 0 spiro atoms. The van der Waals surface area contributed by atoms with Gasteiger partial charge in [0, 0.05) is 19.6 Å². The van der Waals surface area contributed by atoms with Gasteiger partial charge >= 0.3 is 0 Å². The molecule has 1 aliphatic heterocycles. The molecular weight excluding hydrogens is 128 g/mol. The minimum absolute atomic E-state index is 0.383. The number of rotatable bonds is 3. The Kier molecular flexibility index (Phi) is 3.72. The van der Waals surface area contributed by atoms with Gasteiger partial charge in [-0.15, -0.1) is 0 Å². The van der Waals surface area contributed by atoms with Crippen LogP contribution in [0, 0.1) is 0 Å². The maximum Gasteiger partial charge on any atom is 0.0824 e. The van der Waals surface area contributed by atoms with Crippen LogP contribution >= 0.6 is 0 Å². The summed E-state index contributed by atoms with van der Waals surface area (Å²) in [4.78, 5) is 0. The van der Waals surface area contributed by atoms with Crippen molar-refractivity contribution in [1.29, 1.82) is 0 Å². The third-order valence-corrected chi connectivity index (χ3v) is 1.63. The van der Waals surface area contributed by atoms with Crippen molar-refractivity contribution >= 4 is 0 Å². The highest BCUT2D eigenvalue weighted by molar-refractivity contribution is 4.68. The molecule has 0 aliphatic carbocycles. The highest BCUT2D eigenvalue weighted by atomic mass is 16.5. The molecule has 1 rings (SSSR count). The van der Waals surface area contributed by atoms with Crippen LogP contribution in [0.3, 0.4) is 0 Å². The van der Waals surface area contributed by atoms with Crippen LogP contribution in [0.5, 0.6) is 0 Å². The smallest absolute Gasteiger partial charge is 0.0824 e. The molecule has 0 aromatic heterocycles. The summed E-state index contributed by atoms with van der Waals surface area (Å²) in [7, 11) is 0. The van der Waals surface area contributed by atoms with Crippen molar-refractivity contribution in [3.63, 3.8) is 0 Å². The van der Waals surface area contributed by atoms with E-state index in [1.54, 1.807) is 0 Å². The Bertz CT molecular complexity index is 81.7. The summed E-state index contributed by atoms with van der Waals surface area (Å²) >= 11 is 0. The van der Waals surface area contributed by atoms with E-state index in [0.29, 0.717) is 6.10 Å². The zero-order valence-electron chi connectivity index (χ0n) is 6.52. The first kappa shape index (κ1) is 7.98. The second kappa shape index (κ2) is 4.66. The molecule has 3 heteroatoms. The molecule has 3 nitrogen and oxygen atoms in total. The van der Waals surface area contributed by atoms with Crippen molar-refractivity contribution in [2.75, 3.05) is 32.8 Å². The van der Waals surface area contributed by atoms with Crippen molar-refractivity contribution in [3.8, 4) is 0 Å². The Labute approximate surface area is 62.1 Å². The normalized spacial score (nSPS) is 26.7. The highest BCUT2D eigenvalue weighted by Crippen LogP contribution is 1.92.